The number of aryl methyl sites for hydroxylation is 1. The molecule has 37 heavy (non-hydrogen) atoms. The van der Waals surface area contributed by atoms with Crippen LogP contribution in [0.4, 0.5) is 0 Å². The van der Waals surface area contributed by atoms with Crippen molar-refractivity contribution in [3.8, 4) is 5.75 Å². The molecule has 1 aliphatic rings. The zero-order chi connectivity index (χ0) is 25.9. The summed E-state index contributed by atoms with van der Waals surface area (Å²) in [6.45, 7) is 2.35. The Labute approximate surface area is 219 Å². The van der Waals surface area contributed by atoms with Crippen LogP contribution in [0, 0.1) is 6.92 Å². The second kappa shape index (κ2) is 10.3. The molecule has 1 fully saturated rings. The van der Waals surface area contributed by atoms with E-state index in [1.807, 2.05) is 79.7 Å². The molecular weight excluding hydrogens is 478 g/mol. The van der Waals surface area contributed by atoms with Crippen molar-refractivity contribution in [1.29, 1.82) is 0 Å². The van der Waals surface area contributed by atoms with Gasteiger partial charge in [-0.05, 0) is 60.7 Å². The highest BCUT2D eigenvalue weighted by Crippen LogP contribution is 2.50. The molecule has 0 aromatic heterocycles. The van der Waals surface area contributed by atoms with E-state index < -0.39 is 15.4 Å². The second-order valence-corrected chi connectivity index (χ2v) is 11.3. The Hall–Kier alpha value is -3.83. The Morgan fingerprint density at radius 3 is 2.05 bits per heavy atom. The molecule has 1 aliphatic heterocycles. The van der Waals surface area contributed by atoms with Crippen molar-refractivity contribution in [2.75, 3.05) is 13.7 Å². The number of methoxy groups -OCH3 is 1. The predicted octanol–water partition coefficient (Wildman–Crippen LogP) is 6.51. The highest BCUT2D eigenvalue weighted by molar-refractivity contribution is 7.89. The van der Waals surface area contributed by atoms with Crippen molar-refractivity contribution in [2.45, 2.75) is 30.1 Å². The smallest absolute Gasteiger partial charge is 0.264 e. The molecule has 4 nitrogen and oxygen atoms in total. The molecule has 1 saturated heterocycles. The Balaban J connectivity index is 1.70. The monoisotopic (exact) mass is 509 g/mol. The van der Waals surface area contributed by atoms with Gasteiger partial charge >= 0.3 is 0 Å². The number of rotatable bonds is 7. The van der Waals surface area contributed by atoms with Gasteiger partial charge in [0, 0.05) is 12.2 Å². The van der Waals surface area contributed by atoms with E-state index in [9.17, 15) is 8.42 Å². The van der Waals surface area contributed by atoms with Crippen molar-refractivity contribution < 1.29 is 13.2 Å². The van der Waals surface area contributed by atoms with Crippen LogP contribution in [-0.4, -0.2) is 26.4 Å². The Morgan fingerprint density at radius 1 is 0.838 bits per heavy atom. The second-order valence-electron chi connectivity index (χ2n) is 9.42. The summed E-state index contributed by atoms with van der Waals surface area (Å²) in [6, 6.07) is 35.5. The average Bonchev–Trinajstić information content (AvgIpc) is 3.34. The Kier molecular flexibility index (Phi) is 6.90. The van der Waals surface area contributed by atoms with E-state index >= 15 is 0 Å². The van der Waals surface area contributed by atoms with E-state index in [-0.39, 0.29) is 0 Å². The lowest BCUT2D eigenvalue weighted by Gasteiger charge is -2.34. The van der Waals surface area contributed by atoms with Gasteiger partial charge in [-0.25, -0.2) is 8.42 Å². The molecule has 5 rings (SSSR count). The first-order valence-corrected chi connectivity index (χ1v) is 13.9. The topological polar surface area (TPSA) is 46.6 Å². The van der Waals surface area contributed by atoms with Crippen LogP contribution in [0.5, 0.6) is 5.75 Å². The number of nitrogens with zero attached hydrogens (tertiary/aromatic N) is 1. The summed E-state index contributed by atoms with van der Waals surface area (Å²) in [5, 5.41) is 0. The summed E-state index contributed by atoms with van der Waals surface area (Å²) in [5.41, 5.74) is 4.44. The minimum absolute atomic E-state index is 0.308. The third-order valence-electron chi connectivity index (χ3n) is 7.20. The summed E-state index contributed by atoms with van der Waals surface area (Å²) in [6.07, 6.45) is 3.32. The molecule has 4 aromatic carbocycles. The van der Waals surface area contributed by atoms with E-state index in [4.69, 9.17) is 4.74 Å². The minimum atomic E-state index is -3.77. The molecule has 5 heteroatoms. The molecule has 0 amide bonds. The molecule has 0 saturated carbocycles. The number of hydrogen-bond donors (Lipinski definition) is 0. The number of hydrogen-bond acceptors (Lipinski definition) is 3. The predicted molar refractivity (Wildman–Crippen MR) is 148 cm³/mol. The lowest BCUT2D eigenvalue weighted by atomic mass is 9.71. The van der Waals surface area contributed by atoms with Crippen molar-refractivity contribution in [1.82, 2.24) is 4.31 Å². The minimum Gasteiger partial charge on any atom is -0.497 e. The number of ether oxygens (including phenoxy) is 1. The van der Waals surface area contributed by atoms with Gasteiger partial charge in [-0.1, -0.05) is 96.6 Å². The van der Waals surface area contributed by atoms with Crippen LogP contribution in [0.1, 0.15) is 28.7 Å². The van der Waals surface area contributed by atoms with E-state index in [2.05, 4.69) is 30.3 Å². The van der Waals surface area contributed by atoms with Gasteiger partial charge in [0.1, 0.15) is 5.75 Å². The SMILES string of the molecule is COc1cccc(C/C=C2/N(S(=O)(=O)c3ccc(C)cc3)CCC2(c2ccccc2)c2ccccc2)c1. The molecular formula is C32H31NO3S. The molecule has 0 spiro atoms. The van der Waals surface area contributed by atoms with E-state index in [1.165, 1.54) is 0 Å². The number of allylic oxidation sites excluding steroid dienone is 2. The van der Waals surface area contributed by atoms with Gasteiger partial charge in [-0.3, -0.25) is 4.31 Å². The molecule has 0 aliphatic carbocycles. The fourth-order valence-corrected chi connectivity index (χ4v) is 6.86. The third kappa shape index (κ3) is 4.67. The summed E-state index contributed by atoms with van der Waals surface area (Å²) < 4.78 is 35.2. The quantitative estimate of drug-likeness (QED) is 0.285. The van der Waals surface area contributed by atoms with Crippen LogP contribution in [0.2, 0.25) is 0 Å². The molecule has 0 bridgehead atoms. The van der Waals surface area contributed by atoms with Gasteiger partial charge in [-0.15, -0.1) is 0 Å². The fraction of sp³-hybridized carbons (Fsp3) is 0.188. The van der Waals surface area contributed by atoms with E-state index in [0.29, 0.717) is 24.3 Å². The summed E-state index contributed by atoms with van der Waals surface area (Å²) in [5.74, 6) is 0.781. The highest BCUT2D eigenvalue weighted by atomic mass is 32.2. The van der Waals surface area contributed by atoms with Crippen LogP contribution in [0.15, 0.2) is 126 Å². The zero-order valence-corrected chi connectivity index (χ0v) is 22.0. The molecule has 0 unspecified atom stereocenters. The van der Waals surface area contributed by atoms with Crippen LogP contribution in [0.25, 0.3) is 0 Å². The lowest BCUT2D eigenvalue weighted by molar-refractivity contribution is 0.414. The largest absolute Gasteiger partial charge is 0.497 e. The molecule has 0 N–H and O–H groups in total. The molecule has 0 atom stereocenters. The van der Waals surface area contributed by atoms with Crippen LogP contribution in [-0.2, 0) is 21.9 Å². The molecule has 0 radical (unpaired) electrons. The van der Waals surface area contributed by atoms with E-state index in [1.54, 1.807) is 23.5 Å². The average molecular weight is 510 g/mol. The fourth-order valence-electron chi connectivity index (χ4n) is 5.30. The zero-order valence-electron chi connectivity index (χ0n) is 21.2. The normalized spacial score (nSPS) is 16.2. The van der Waals surface area contributed by atoms with Gasteiger partial charge in [0.15, 0.2) is 0 Å². The Bertz CT molecular complexity index is 1460. The van der Waals surface area contributed by atoms with E-state index in [0.717, 1.165) is 33.7 Å². The third-order valence-corrected chi connectivity index (χ3v) is 9.03. The van der Waals surface area contributed by atoms with Gasteiger partial charge in [-0.2, -0.15) is 0 Å². The highest BCUT2D eigenvalue weighted by Gasteiger charge is 2.49. The van der Waals surface area contributed by atoms with Crippen molar-refractivity contribution in [2.24, 2.45) is 0 Å². The van der Waals surface area contributed by atoms with Crippen LogP contribution in [0.3, 0.4) is 0 Å². The summed E-state index contributed by atoms with van der Waals surface area (Å²) >= 11 is 0. The van der Waals surface area contributed by atoms with Crippen molar-refractivity contribution >= 4 is 10.0 Å². The maximum atomic E-state index is 14.1. The molecule has 188 valence electrons. The lowest BCUT2D eigenvalue weighted by Crippen LogP contribution is -2.33. The summed E-state index contributed by atoms with van der Waals surface area (Å²) in [7, 11) is -2.12. The molecule has 4 aromatic rings. The summed E-state index contributed by atoms with van der Waals surface area (Å²) in [4.78, 5) is 0.308. The Morgan fingerprint density at radius 2 is 1.46 bits per heavy atom. The van der Waals surface area contributed by atoms with Crippen LogP contribution >= 0.6 is 0 Å². The standard InChI is InChI=1S/C32H31NO3S/c1-25-16-19-30(20-17-25)37(34,35)33-23-22-32(27-11-5-3-6-12-27,28-13-7-4-8-14-28)31(33)21-18-26-10-9-15-29(24-26)36-2/h3-17,19-21,24H,18,22-23H2,1-2H3/b31-21+. The van der Waals surface area contributed by atoms with Crippen molar-refractivity contribution in [3.05, 3.63) is 143 Å². The number of benzene rings is 4. The first kappa shape index (κ1) is 24.8. The first-order chi connectivity index (χ1) is 17.9. The maximum Gasteiger partial charge on any atom is 0.264 e. The van der Waals surface area contributed by atoms with Gasteiger partial charge in [0.05, 0.1) is 17.4 Å². The van der Waals surface area contributed by atoms with Crippen molar-refractivity contribution in [3.63, 3.8) is 0 Å². The van der Waals surface area contributed by atoms with Gasteiger partial charge in [0.25, 0.3) is 10.0 Å². The van der Waals surface area contributed by atoms with Gasteiger partial charge < -0.3 is 4.74 Å². The van der Waals surface area contributed by atoms with Crippen LogP contribution < -0.4 is 4.74 Å². The maximum absolute atomic E-state index is 14.1. The first-order valence-electron chi connectivity index (χ1n) is 12.5. The van der Waals surface area contributed by atoms with Gasteiger partial charge in [0.2, 0.25) is 0 Å². The number of sulfonamides is 1. The molecule has 1 heterocycles.